The summed E-state index contributed by atoms with van der Waals surface area (Å²) in [6, 6.07) is 10.7. The van der Waals surface area contributed by atoms with Gasteiger partial charge in [0.05, 0.1) is 5.52 Å². The van der Waals surface area contributed by atoms with Crippen molar-refractivity contribution in [3.8, 4) is 11.8 Å². The minimum Gasteiger partial charge on any atom is -0.312 e. The van der Waals surface area contributed by atoms with Crippen LogP contribution in [0.25, 0.3) is 10.9 Å². The third-order valence-electron chi connectivity index (χ3n) is 3.08. The molecule has 18 heavy (non-hydrogen) atoms. The van der Waals surface area contributed by atoms with Crippen molar-refractivity contribution < 1.29 is 0 Å². The van der Waals surface area contributed by atoms with Crippen LogP contribution in [0.2, 0.25) is 0 Å². The molecular weight excluding hydrogens is 220 g/mol. The van der Waals surface area contributed by atoms with E-state index in [0.29, 0.717) is 0 Å². The van der Waals surface area contributed by atoms with E-state index in [-0.39, 0.29) is 6.04 Å². The van der Waals surface area contributed by atoms with Gasteiger partial charge in [0.25, 0.3) is 0 Å². The zero-order valence-electron chi connectivity index (χ0n) is 11.1. The molecule has 1 unspecified atom stereocenters. The van der Waals surface area contributed by atoms with Crippen LogP contribution in [0.3, 0.4) is 0 Å². The molecule has 0 aliphatic heterocycles. The number of rotatable bonds is 3. The van der Waals surface area contributed by atoms with Gasteiger partial charge in [-0.25, -0.2) is 0 Å². The van der Waals surface area contributed by atoms with E-state index in [1.54, 1.807) is 0 Å². The average Bonchev–Trinajstić information content (AvgIpc) is 2.39. The van der Waals surface area contributed by atoms with Gasteiger partial charge in [-0.05, 0) is 38.6 Å². The predicted molar refractivity (Wildman–Crippen MR) is 76.3 cm³/mol. The van der Waals surface area contributed by atoms with E-state index in [2.05, 4.69) is 46.4 Å². The maximum atomic E-state index is 4.57. The van der Waals surface area contributed by atoms with Crippen LogP contribution in [-0.2, 0) is 0 Å². The number of fused-ring (bicyclic) bond motifs is 1. The summed E-state index contributed by atoms with van der Waals surface area (Å²) in [6.07, 6.45) is 0.820. The van der Waals surface area contributed by atoms with Gasteiger partial charge in [-0.2, -0.15) is 0 Å². The summed E-state index contributed by atoms with van der Waals surface area (Å²) in [5.74, 6) is 6.11. The molecule has 2 rings (SSSR count). The fourth-order valence-electron chi connectivity index (χ4n) is 2.20. The number of benzene rings is 1. The molecule has 2 nitrogen and oxygen atoms in total. The lowest BCUT2D eigenvalue weighted by atomic mass is 9.99. The Hall–Kier alpha value is -1.85. The topological polar surface area (TPSA) is 24.9 Å². The van der Waals surface area contributed by atoms with E-state index in [1.165, 1.54) is 10.9 Å². The van der Waals surface area contributed by atoms with Crippen LogP contribution in [0, 0.1) is 18.8 Å². The van der Waals surface area contributed by atoms with Crippen LogP contribution in [0.4, 0.5) is 0 Å². The minimum absolute atomic E-state index is 0.254. The van der Waals surface area contributed by atoms with Crippen LogP contribution in [-0.4, -0.2) is 12.0 Å². The van der Waals surface area contributed by atoms with Gasteiger partial charge >= 0.3 is 0 Å². The Morgan fingerprint density at radius 2 is 2.11 bits per heavy atom. The number of aromatic nitrogens is 1. The first-order valence-corrected chi connectivity index (χ1v) is 6.19. The zero-order chi connectivity index (χ0) is 13.0. The first-order valence-electron chi connectivity index (χ1n) is 6.19. The van der Waals surface area contributed by atoms with Crippen LogP contribution in [0.5, 0.6) is 0 Å². The molecule has 0 bridgehead atoms. The first kappa shape index (κ1) is 12.6. The first-order chi connectivity index (χ1) is 8.76. The van der Waals surface area contributed by atoms with Crippen molar-refractivity contribution >= 4 is 10.9 Å². The molecule has 1 aromatic heterocycles. The number of hydrogen-bond acceptors (Lipinski definition) is 2. The van der Waals surface area contributed by atoms with E-state index in [9.17, 15) is 0 Å². The van der Waals surface area contributed by atoms with E-state index < -0.39 is 0 Å². The van der Waals surface area contributed by atoms with E-state index in [1.807, 2.05) is 27.0 Å². The van der Waals surface area contributed by atoms with Crippen molar-refractivity contribution in [1.82, 2.24) is 10.3 Å². The van der Waals surface area contributed by atoms with Gasteiger partial charge in [0.1, 0.15) is 0 Å². The van der Waals surface area contributed by atoms with Gasteiger partial charge in [-0.3, -0.25) is 4.98 Å². The normalized spacial score (nSPS) is 11.9. The number of para-hydroxylation sites is 1. The van der Waals surface area contributed by atoms with Crippen molar-refractivity contribution in [3.63, 3.8) is 0 Å². The summed E-state index contributed by atoms with van der Waals surface area (Å²) in [5, 5.41) is 4.55. The highest BCUT2D eigenvalue weighted by Gasteiger charge is 2.12. The molecule has 2 heteroatoms. The molecule has 2 aromatic rings. The SMILES string of the molecule is CC#CCC(NC)c1cc(C)nc2ccccc12. The zero-order valence-corrected chi connectivity index (χ0v) is 11.1. The van der Waals surface area contributed by atoms with Crippen molar-refractivity contribution in [1.29, 1.82) is 0 Å². The molecule has 0 aliphatic rings. The molecule has 0 fully saturated rings. The second-order valence-corrected chi connectivity index (χ2v) is 4.34. The lowest BCUT2D eigenvalue weighted by molar-refractivity contribution is 0.615. The second kappa shape index (κ2) is 5.66. The molecule has 0 amide bonds. The number of nitrogens with one attached hydrogen (secondary N) is 1. The highest BCUT2D eigenvalue weighted by Crippen LogP contribution is 2.25. The van der Waals surface area contributed by atoms with Crippen molar-refractivity contribution in [2.45, 2.75) is 26.3 Å². The van der Waals surface area contributed by atoms with E-state index in [4.69, 9.17) is 0 Å². The van der Waals surface area contributed by atoms with E-state index >= 15 is 0 Å². The maximum absolute atomic E-state index is 4.57. The smallest absolute Gasteiger partial charge is 0.0708 e. The van der Waals surface area contributed by atoms with Gasteiger partial charge in [0.15, 0.2) is 0 Å². The summed E-state index contributed by atoms with van der Waals surface area (Å²) < 4.78 is 0. The quantitative estimate of drug-likeness (QED) is 0.830. The number of nitrogens with zero attached hydrogens (tertiary/aromatic N) is 1. The van der Waals surface area contributed by atoms with Crippen molar-refractivity contribution in [2.24, 2.45) is 0 Å². The van der Waals surface area contributed by atoms with Crippen LogP contribution in [0.1, 0.15) is 30.6 Å². The highest BCUT2D eigenvalue weighted by atomic mass is 14.9. The lowest BCUT2D eigenvalue weighted by Crippen LogP contribution is -2.16. The molecule has 1 aromatic carbocycles. The van der Waals surface area contributed by atoms with Crippen LogP contribution < -0.4 is 5.32 Å². The Morgan fingerprint density at radius 3 is 2.83 bits per heavy atom. The third-order valence-corrected chi connectivity index (χ3v) is 3.08. The fraction of sp³-hybridized carbons (Fsp3) is 0.312. The van der Waals surface area contributed by atoms with Gasteiger partial charge in [0, 0.05) is 23.5 Å². The third kappa shape index (κ3) is 2.52. The fourth-order valence-corrected chi connectivity index (χ4v) is 2.20. The van der Waals surface area contributed by atoms with Gasteiger partial charge < -0.3 is 5.32 Å². The summed E-state index contributed by atoms with van der Waals surface area (Å²) >= 11 is 0. The minimum atomic E-state index is 0.254. The molecule has 0 saturated heterocycles. The number of aryl methyl sites for hydroxylation is 1. The molecule has 92 valence electrons. The largest absolute Gasteiger partial charge is 0.312 e. The van der Waals surface area contributed by atoms with Gasteiger partial charge in [0.2, 0.25) is 0 Å². The van der Waals surface area contributed by atoms with Gasteiger partial charge in [-0.15, -0.1) is 11.8 Å². The molecular formula is C16H18N2. The molecule has 0 aliphatic carbocycles. The van der Waals surface area contributed by atoms with Crippen molar-refractivity contribution in [3.05, 3.63) is 41.6 Å². The highest BCUT2D eigenvalue weighted by molar-refractivity contribution is 5.82. The Labute approximate surface area is 108 Å². The number of pyridine rings is 1. The van der Waals surface area contributed by atoms with E-state index in [0.717, 1.165) is 17.6 Å². The Balaban J connectivity index is 2.56. The molecule has 1 atom stereocenters. The summed E-state index contributed by atoms with van der Waals surface area (Å²) in [6.45, 7) is 3.91. The summed E-state index contributed by atoms with van der Waals surface area (Å²) in [4.78, 5) is 4.57. The van der Waals surface area contributed by atoms with Crippen LogP contribution >= 0.6 is 0 Å². The Kier molecular flexibility index (Phi) is 3.96. The lowest BCUT2D eigenvalue weighted by Gasteiger charge is -2.16. The van der Waals surface area contributed by atoms with Crippen LogP contribution in [0.15, 0.2) is 30.3 Å². The molecule has 0 saturated carbocycles. The molecule has 1 heterocycles. The van der Waals surface area contributed by atoms with Gasteiger partial charge in [-0.1, -0.05) is 18.2 Å². The molecule has 0 radical (unpaired) electrons. The van der Waals surface area contributed by atoms with Crippen molar-refractivity contribution in [2.75, 3.05) is 7.05 Å². The Bertz CT molecular complexity index is 605. The monoisotopic (exact) mass is 238 g/mol. The number of hydrogen-bond donors (Lipinski definition) is 1. The maximum Gasteiger partial charge on any atom is 0.0708 e. The standard InChI is InChI=1S/C16H18N2/c1-4-5-9-15(17-3)14-11-12(2)18-16-10-7-6-8-13(14)16/h6-8,10-11,15,17H,9H2,1-3H3. The predicted octanol–water partition coefficient (Wildman–Crippen LogP) is 3.22. The molecule has 1 N–H and O–H groups in total. The average molecular weight is 238 g/mol. The summed E-state index contributed by atoms with van der Waals surface area (Å²) in [5.41, 5.74) is 3.38. The second-order valence-electron chi connectivity index (χ2n) is 4.34. The summed E-state index contributed by atoms with van der Waals surface area (Å²) in [7, 11) is 1.98. The Morgan fingerprint density at radius 1 is 1.33 bits per heavy atom. The molecule has 0 spiro atoms.